The number of nitrogens with one attached hydrogen (secondary N) is 1. The summed E-state index contributed by atoms with van der Waals surface area (Å²) >= 11 is 4.43. The van der Waals surface area contributed by atoms with Gasteiger partial charge in [-0.05, 0) is 37.4 Å². The molecule has 142 valence electrons. The summed E-state index contributed by atoms with van der Waals surface area (Å²) < 4.78 is 2.29. The van der Waals surface area contributed by atoms with Gasteiger partial charge in [-0.25, -0.2) is 4.98 Å². The van der Waals surface area contributed by atoms with Crippen molar-refractivity contribution in [1.82, 2.24) is 14.9 Å². The Bertz CT molecular complexity index is 980. The molecule has 1 N–H and O–H groups in total. The zero-order chi connectivity index (χ0) is 19.2. The third kappa shape index (κ3) is 5.15. The van der Waals surface area contributed by atoms with Crippen LogP contribution in [0.2, 0.25) is 0 Å². The second-order valence-corrected chi connectivity index (χ2v) is 8.91. The van der Waals surface area contributed by atoms with Crippen molar-refractivity contribution in [2.45, 2.75) is 30.4 Å². The van der Waals surface area contributed by atoms with Gasteiger partial charge in [0.05, 0.1) is 11.3 Å². The maximum Gasteiger partial charge on any atom is 0.272 e. The van der Waals surface area contributed by atoms with Crippen molar-refractivity contribution in [3.63, 3.8) is 0 Å². The first-order chi connectivity index (χ1) is 13.1. The average Bonchev–Trinajstić information content (AvgIpc) is 3.14. The van der Waals surface area contributed by atoms with Crippen LogP contribution in [0, 0.1) is 6.92 Å². The lowest BCUT2D eigenvalue weighted by Gasteiger charge is -2.10. The molecule has 1 aromatic carbocycles. The van der Waals surface area contributed by atoms with Crippen LogP contribution in [-0.2, 0) is 11.3 Å². The zero-order valence-electron chi connectivity index (χ0n) is 15.2. The Morgan fingerprint density at radius 2 is 2.00 bits per heavy atom. The van der Waals surface area contributed by atoms with Crippen LogP contribution in [0.3, 0.4) is 0 Å². The van der Waals surface area contributed by atoms with Crippen LogP contribution < -0.4 is 10.9 Å². The summed E-state index contributed by atoms with van der Waals surface area (Å²) in [5.74, 6) is 1.02. The first-order valence-electron chi connectivity index (χ1n) is 8.65. The molecule has 0 unspecified atom stereocenters. The van der Waals surface area contributed by atoms with Crippen LogP contribution in [0.25, 0.3) is 10.2 Å². The second kappa shape index (κ2) is 9.43. The summed E-state index contributed by atoms with van der Waals surface area (Å²) in [4.78, 5) is 30.3. The maximum absolute atomic E-state index is 12.5. The number of amides is 1. The van der Waals surface area contributed by atoms with Gasteiger partial charge in [0, 0.05) is 23.7 Å². The monoisotopic (exact) mass is 419 g/mol. The molecule has 0 saturated heterocycles. The predicted molar refractivity (Wildman–Crippen MR) is 115 cm³/mol. The molecule has 0 aliphatic heterocycles. The fourth-order valence-electron chi connectivity index (χ4n) is 2.49. The van der Waals surface area contributed by atoms with E-state index in [2.05, 4.69) is 41.5 Å². The summed E-state index contributed by atoms with van der Waals surface area (Å²) in [5, 5.41) is 5.39. The Kier molecular flexibility index (Phi) is 6.98. The lowest BCUT2D eigenvalue weighted by Crippen LogP contribution is -2.28. The van der Waals surface area contributed by atoms with Gasteiger partial charge in [-0.2, -0.15) is 0 Å². The molecule has 0 bridgehead atoms. The van der Waals surface area contributed by atoms with Gasteiger partial charge in [-0.15, -0.1) is 23.1 Å². The molecule has 3 rings (SSSR count). The minimum absolute atomic E-state index is 0.0325. The van der Waals surface area contributed by atoms with Crippen LogP contribution in [0.1, 0.15) is 12.5 Å². The van der Waals surface area contributed by atoms with Crippen molar-refractivity contribution in [1.29, 1.82) is 0 Å². The van der Waals surface area contributed by atoms with Gasteiger partial charge in [0.1, 0.15) is 4.70 Å². The molecular weight excluding hydrogens is 398 g/mol. The van der Waals surface area contributed by atoms with Crippen molar-refractivity contribution in [3.8, 4) is 0 Å². The van der Waals surface area contributed by atoms with E-state index in [1.54, 1.807) is 16.3 Å². The highest BCUT2D eigenvalue weighted by Gasteiger charge is 2.13. The molecule has 5 nitrogen and oxygen atoms in total. The molecule has 0 saturated carbocycles. The smallest absolute Gasteiger partial charge is 0.272 e. The molecule has 2 aromatic heterocycles. The Labute approximate surface area is 170 Å². The van der Waals surface area contributed by atoms with Crippen molar-refractivity contribution < 1.29 is 4.79 Å². The number of hydrogen-bond acceptors (Lipinski definition) is 6. The Morgan fingerprint density at radius 3 is 2.74 bits per heavy atom. The van der Waals surface area contributed by atoms with Gasteiger partial charge in [0.2, 0.25) is 5.91 Å². The predicted octanol–water partition coefficient (Wildman–Crippen LogP) is 3.79. The maximum atomic E-state index is 12.5. The topological polar surface area (TPSA) is 64.0 Å². The van der Waals surface area contributed by atoms with E-state index in [9.17, 15) is 9.59 Å². The Balaban J connectivity index is 1.49. The number of benzene rings is 1. The zero-order valence-corrected chi connectivity index (χ0v) is 17.7. The van der Waals surface area contributed by atoms with Gasteiger partial charge in [0.25, 0.3) is 5.56 Å². The summed E-state index contributed by atoms with van der Waals surface area (Å²) in [6.45, 7) is 5.12. The third-order valence-corrected chi connectivity index (χ3v) is 6.78. The number of carbonyl (C=O) groups is 1. The quantitative estimate of drug-likeness (QED) is 0.342. The Morgan fingerprint density at radius 1 is 1.22 bits per heavy atom. The fraction of sp³-hybridized carbons (Fsp3) is 0.316. The van der Waals surface area contributed by atoms with Crippen molar-refractivity contribution in [2.24, 2.45) is 0 Å². The molecule has 27 heavy (non-hydrogen) atoms. The molecule has 0 spiro atoms. The molecule has 3 aromatic rings. The van der Waals surface area contributed by atoms with E-state index in [1.165, 1.54) is 33.6 Å². The SMILES string of the molecule is CCn1c(SCC(=O)NCCSc2ccc(C)cc2)nc2ccsc2c1=O. The first-order valence-corrected chi connectivity index (χ1v) is 11.5. The standard InChI is InChI=1S/C19H21N3O2S3/c1-3-22-18(24)17-15(8-10-26-17)21-19(22)27-12-16(23)20-9-11-25-14-6-4-13(2)5-7-14/h4-8,10H,3,9,11-12H2,1-2H3,(H,20,23). The molecule has 1 amide bonds. The van der Waals surface area contributed by atoms with Crippen molar-refractivity contribution in [2.75, 3.05) is 18.1 Å². The van der Waals surface area contributed by atoms with Gasteiger partial charge >= 0.3 is 0 Å². The van der Waals surface area contributed by atoms with Gasteiger partial charge in [-0.1, -0.05) is 29.5 Å². The number of aryl methyl sites for hydroxylation is 1. The van der Waals surface area contributed by atoms with Crippen LogP contribution in [0.5, 0.6) is 0 Å². The molecule has 0 fully saturated rings. The number of thiophene rings is 1. The number of carbonyl (C=O) groups excluding carboxylic acids is 1. The van der Waals surface area contributed by atoms with Crippen molar-refractivity contribution >= 4 is 51.0 Å². The van der Waals surface area contributed by atoms with Crippen LogP contribution >= 0.6 is 34.9 Å². The van der Waals surface area contributed by atoms with E-state index in [1.807, 2.05) is 18.4 Å². The minimum Gasteiger partial charge on any atom is -0.355 e. The summed E-state index contributed by atoms with van der Waals surface area (Å²) in [7, 11) is 0. The van der Waals surface area contributed by atoms with Gasteiger partial charge < -0.3 is 5.32 Å². The highest BCUT2D eigenvalue weighted by atomic mass is 32.2. The van der Waals surface area contributed by atoms with Crippen LogP contribution in [-0.4, -0.2) is 33.5 Å². The molecule has 0 atom stereocenters. The minimum atomic E-state index is -0.0492. The van der Waals surface area contributed by atoms with Gasteiger partial charge in [-0.3, -0.25) is 14.2 Å². The highest BCUT2D eigenvalue weighted by molar-refractivity contribution is 7.99. The second-order valence-electron chi connectivity index (χ2n) is 5.88. The summed E-state index contributed by atoms with van der Waals surface area (Å²) in [6, 6.07) is 10.2. The van der Waals surface area contributed by atoms with E-state index in [0.29, 0.717) is 28.5 Å². The molecule has 8 heteroatoms. The van der Waals surface area contributed by atoms with Crippen molar-refractivity contribution in [3.05, 3.63) is 51.6 Å². The Hall–Kier alpha value is -1.77. The lowest BCUT2D eigenvalue weighted by molar-refractivity contribution is -0.118. The van der Waals surface area contributed by atoms with E-state index in [-0.39, 0.29) is 17.2 Å². The van der Waals surface area contributed by atoms with Gasteiger partial charge in [0.15, 0.2) is 5.16 Å². The fourth-order valence-corrected chi connectivity index (χ4v) is 4.93. The van der Waals surface area contributed by atoms with E-state index in [0.717, 1.165) is 5.75 Å². The molecule has 0 radical (unpaired) electrons. The first kappa shape index (κ1) is 20.0. The summed E-state index contributed by atoms with van der Waals surface area (Å²) in [6.07, 6.45) is 0. The van der Waals surface area contributed by atoms with Crippen LogP contribution in [0.4, 0.5) is 0 Å². The largest absolute Gasteiger partial charge is 0.355 e. The van der Waals surface area contributed by atoms with Crippen LogP contribution in [0.15, 0.2) is 50.6 Å². The number of fused-ring (bicyclic) bond motifs is 1. The molecule has 0 aliphatic carbocycles. The normalized spacial score (nSPS) is 11.0. The third-order valence-electron chi connectivity index (χ3n) is 3.89. The number of nitrogens with zero attached hydrogens (tertiary/aromatic N) is 2. The summed E-state index contributed by atoms with van der Waals surface area (Å²) in [5.41, 5.74) is 1.91. The molecular formula is C19H21N3O2S3. The average molecular weight is 420 g/mol. The number of thioether (sulfide) groups is 2. The number of rotatable bonds is 8. The van der Waals surface area contributed by atoms with E-state index >= 15 is 0 Å². The van der Waals surface area contributed by atoms with E-state index in [4.69, 9.17) is 0 Å². The lowest BCUT2D eigenvalue weighted by atomic mass is 10.2. The highest BCUT2D eigenvalue weighted by Crippen LogP contribution is 2.21. The van der Waals surface area contributed by atoms with E-state index < -0.39 is 0 Å². The number of hydrogen-bond donors (Lipinski definition) is 1. The number of aromatic nitrogens is 2. The molecule has 0 aliphatic rings. The molecule has 2 heterocycles.